The molecule has 4 heteroatoms. The van der Waals surface area contributed by atoms with Gasteiger partial charge in [0, 0.05) is 0 Å². The van der Waals surface area contributed by atoms with Gasteiger partial charge in [-0.15, -0.1) is 11.3 Å². The Bertz CT molecular complexity index is 346. The fourth-order valence-corrected chi connectivity index (χ4v) is 2.34. The van der Waals surface area contributed by atoms with Crippen LogP contribution in [0, 0.1) is 5.92 Å². The highest BCUT2D eigenvalue weighted by atomic mass is 32.1. The number of thiophene rings is 1. The lowest BCUT2D eigenvalue weighted by atomic mass is 10.0. The first-order valence-corrected chi connectivity index (χ1v) is 7.00. The molecular weight excluding hydrogens is 236 g/mol. The highest BCUT2D eigenvalue weighted by molar-refractivity contribution is 7.12. The van der Waals surface area contributed by atoms with Gasteiger partial charge < -0.3 is 9.84 Å². The van der Waals surface area contributed by atoms with Crippen LogP contribution in [0.5, 0.6) is 5.75 Å². The molecule has 1 aromatic rings. The summed E-state index contributed by atoms with van der Waals surface area (Å²) < 4.78 is 5.62. The van der Waals surface area contributed by atoms with Crippen LogP contribution in [0.15, 0.2) is 11.4 Å². The highest BCUT2D eigenvalue weighted by Gasteiger charge is 2.14. The maximum Gasteiger partial charge on any atom is 0.349 e. The number of hydrogen-bond acceptors (Lipinski definition) is 3. The molecule has 0 spiro atoms. The van der Waals surface area contributed by atoms with Crippen molar-refractivity contribution in [2.24, 2.45) is 5.92 Å². The molecule has 1 atom stereocenters. The molecule has 0 radical (unpaired) electrons. The number of carboxylic acids is 1. The Morgan fingerprint density at radius 1 is 1.53 bits per heavy atom. The third-order valence-electron chi connectivity index (χ3n) is 2.84. The third-order valence-corrected chi connectivity index (χ3v) is 3.72. The van der Waals surface area contributed by atoms with Crippen LogP contribution in [0.3, 0.4) is 0 Å². The van der Waals surface area contributed by atoms with Gasteiger partial charge in [0.15, 0.2) is 4.88 Å². The third kappa shape index (κ3) is 4.38. The van der Waals surface area contributed by atoms with Crippen molar-refractivity contribution in [3.05, 3.63) is 16.3 Å². The second-order valence-corrected chi connectivity index (χ2v) is 5.06. The minimum atomic E-state index is -0.906. The maximum atomic E-state index is 10.9. The molecule has 0 saturated heterocycles. The number of ether oxygens (including phenoxy) is 1. The Labute approximate surface area is 106 Å². The molecule has 1 rings (SSSR count). The van der Waals surface area contributed by atoms with E-state index in [1.165, 1.54) is 24.2 Å². The second-order valence-electron chi connectivity index (χ2n) is 4.15. The van der Waals surface area contributed by atoms with Crippen molar-refractivity contribution in [2.75, 3.05) is 6.61 Å². The van der Waals surface area contributed by atoms with Gasteiger partial charge in [0.2, 0.25) is 0 Å². The Balaban J connectivity index is 2.47. The average molecular weight is 256 g/mol. The fourth-order valence-electron chi connectivity index (χ4n) is 1.67. The first-order valence-electron chi connectivity index (χ1n) is 6.12. The maximum absolute atomic E-state index is 10.9. The zero-order chi connectivity index (χ0) is 12.7. The summed E-state index contributed by atoms with van der Waals surface area (Å²) in [6.07, 6.45) is 4.62. The van der Waals surface area contributed by atoms with Gasteiger partial charge in [-0.05, 0) is 23.8 Å². The van der Waals surface area contributed by atoms with E-state index in [4.69, 9.17) is 9.84 Å². The molecule has 0 aromatic carbocycles. The van der Waals surface area contributed by atoms with E-state index in [1.807, 2.05) is 0 Å². The summed E-state index contributed by atoms with van der Waals surface area (Å²) in [7, 11) is 0. The molecule has 0 amide bonds. The molecular formula is C13H20O3S. The summed E-state index contributed by atoms with van der Waals surface area (Å²) in [4.78, 5) is 11.2. The molecule has 1 aromatic heterocycles. The van der Waals surface area contributed by atoms with Gasteiger partial charge in [0.05, 0.1) is 6.61 Å². The molecule has 0 aliphatic heterocycles. The zero-order valence-electron chi connectivity index (χ0n) is 10.4. The molecule has 0 saturated carbocycles. The predicted octanol–water partition coefficient (Wildman–Crippen LogP) is 4.04. The molecule has 3 nitrogen and oxygen atoms in total. The van der Waals surface area contributed by atoms with Gasteiger partial charge in [-0.2, -0.15) is 0 Å². The molecule has 0 aliphatic carbocycles. The standard InChI is InChI=1S/C13H20O3S/c1-3-5-6-10(4-2)9-16-11-7-8-17-12(11)13(14)15/h7-8,10H,3-6,9H2,1-2H3,(H,14,15). The number of aromatic carboxylic acids is 1. The van der Waals surface area contributed by atoms with Crippen LogP contribution in [-0.4, -0.2) is 17.7 Å². The normalized spacial score (nSPS) is 12.4. The van der Waals surface area contributed by atoms with Crippen LogP contribution in [0.2, 0.25) is 0 Å². The van der Waals surface area contributed by atoms with Gasteiger partial charge in [-0.1, -0.05) is 33.1 Å². The van der Waals surface area contributed by atoms with E-state index in [-0.39, 0.29) is 0 Å². The zero-order valence-corrected chi connectivity index (χ0v) is 11.3. The lowest BCUT2D eigenvalue weighted by Crippen LogP contribution is -2.12. The van der Waals surface area contributed by atoms with E-state index in [1.54, 1.807) is 11.4 Å². The van der Waals surface area contributed by atoms with E-state index in [9.17, 15) is 4.79 Å². The molecule has 1 N–H and O–H groups in total. The summed E-state index contributed by atoms with van der Waals surface area (Å²) in [5, 5.41) is 10.7. The Kier molecular flexibility index (Phi) is 6.05. The van der Waals surface area contributed by atoms with E-state index in [2.05, 4.69) is 13.8 Å². The first kappa shape index (κ1) is 14.0. The van der Waals surface area contributed by atoms with Crippen LogP contribution in [0.25, 0.3) is 0 Å². The van der Waals surface area contributed by atoms with Crippen molar-refractivity contribution >= 4 is 17.3 Å². The van der Waals surface area contributed by atoms with Crippen molar-refractivity contribution in [1.82, 2.24) is 0 Å². The Morgan fingerprint density at radius 3 is 2.88 bits per heavy atom. The largest absolute Gasteiger partial charge is 0.492 e. The van der Waals surface area contributed by atoms with E-state index >= 15 is 0 Å². The van der Waals surface area contributed by atoms with Gasteiger partial charge in [-0.25, -0.2) is 4.79 Å². The Morgan fingerprint density at radius 2 is 2.29 bits per heavy atom. The number of carbonyl (C=O) groups is 1. The SMILES string of the molecule is CCCCC(CC)COc1ccsc1C(=O)O. The fraction of sp³-hybridized carbons (Fsp3) is 0.615. The second kappa shape index (κ2) is 7.33. The van der Waals surface area contributed by atoms with Crippen LogP contribution < -0.4 is 4.74 Å². The summed E-state index contributed by atoms with van der Waals surface area (Å²) >= 11 is 1.21. The number of carboxylic acid groups (broad SMARTS) is 1. The van der Waals surface area contributed by atoms with Gasteiger partial charge in [-0.3, -0.25) is 0 Å². The molecule has 0 aliphatic rings. The van der Waals surface area contributed by atoms with E-state index in [0.29, 0.717) is 23.2 Å². The van der Waals surface area contributed by atoms with Crippen LogP contribution >= 0.6 is 11.3 Å². The van der Waals surface area contributed by atoms with Crippen molar-refractivity contribution in [2.45, 2.75) is 39.5 Å². The van der Waals surface area contributed by atoms with Gasteiger partial charge in [0.25, 0.3) is 0 Å². The van der Waals surface area contributed by atoms with Gasteiger partial charge >= 0.3 is 5.97 Å². The van der Waals surface area contributed by atoms with Crippen molar-refractivity contribution in [1.29, 1.82) is 0 Å². The molecule has 0 fully saturated rings. The molecule has 1 unspecified atom stereocenters. The van der Waals surface area contributed by atoms with Gasteiger partial charge in [0.1, 0.15) is 5.75 Å². The van der Waals surface area contributed by atoms with E-state index in [0.717, 1.165) is 12.8 Å². The summed E-state index contributed by atoms with van der Waals surface area (Å²) in [5.74, 6) is 0.130. The summed E-state index contributed by atoms with van der Waals surface area (Å²) in [5.41, 5.74) is 0. The number of hydrogen-bond donors (Lipinski definition) is 1. The summed E-state index contributed by atoms with van der Waals surface area (Å²) in [6, 6.07) is 1.74. The van der Waals surface area contributed by atoms with Crippen molar-refractivity contribution < 1.29 is 14.6 Å². The molecule has 96 valence electrons. The summed E-state index contributed by atoms with van der Waals surface area (Å²) in [6.45, 7) is 4.94. The topological polar surface area (TPSA) is 46.5 Å². The lowest BCUT2D eigenvalue weighted by molar-refractivity contribution is 0.0697. The lowest BCUT2D eigenvalue weighted by Gasteiger charge is -2.15. The highest BCUT2D eigenvalue weighted by Crippen LogP contribution is 2.26. The average Bonchev–Trinajstić information content (AvgIpc) is 2.78. The van der Waals surface area contributed by atoms with Crippen LogP contribution in [-0.2, 0) is 0 Å². The van der Waals surface area contributed by atoms with E-state index < -0.39 is 5.97 Å². The quantitative estimate of drug-likeness (QED) is 0.763. The monoisotopic (exact) mass is 256 g/mol. The molecule has 17 heavy (non-hydrogen) atoms. The smallest absolute Gasteiger partial charge is 0.349 e. The number of rotatable bonds is 8. The van der Waals surface area contributed by atoms with Crippen LogP contribution in [0.1, 0.15) is 49.2 Å². The minimum Gasteiger partial charge on any atom is -0.492 e. The predicted molar refractivity (Wildman–Crippen MR) is 70.1 cm³/mol. The first-order chi connectivity index (χ1) is 8.19. The molecule has 1 heterocycles. The van der Waals surface area contributed by atoms with Crippen LogP contribution in [0.4, 0.5) is 0 Å². The minimum absolute atomic E-state index is 0.301. The van der Waals surface area contributed by atoms with Crippen molar-refractivity contribution in [3.63, 3.8) is 0 Å². The molecule has 0 bridgehead atoms. The Hall–Kier alpha value is -1.03. The van der Waals surface area contributed by atoms with Crippen molar-refractivity contribution in [3.8, 4) is 5.75 Å². The number of unbranched alkanes of at least 4 members (excludes halogenated alkanes) is 1.